The minimum absolute atomic E-state index is 0.0273. The van der Waals surface area contributed by atoms with E-state index >= 15 is 0 Å². The van der Waals surface area contributed by atoms with Crippen LogP contribution in [-0.2, 0) is 19.1 Å². The molecule has 170 valence electrons. The van der Waals surface area contributed by atoms with E-state index in [1.165, 1.54) is 0 Å². The maximum absolute atomic E-state index is 12.5. The van der Waals surface area contributed by atoms with Crippen molar-refractivity contribution in [3.05, 3.63) is 29.8 Å². The number of amides is 3. The number of hydrogen-bond donors (Lipinski definition) is 3. The molecule has 0 bridgehead atoms. The zero-order valence-corrected chi connectivity index (χ0v) is 18.3. The van der Waals surface area contributed by atoms with Gasteiger partial charge in [-0.05, 0) is 45.7 Å². The van der Waals surface area contributed by atoms with Gasteiger partial charge in [0, 0.05) is 12.6 Å². The van der Waals surface area contributed by atoms with Gasteiger partial charge < -0.3 is 25.4 Å². The molecule has 2 rings (SSSR count). The van der Waals surface area contributed by atoms with Gasteiger partial charge in [0.15, 0.2) is 6.61 Å². The summed E-state index contributed by atoms with van der Waals surface area (Å²) in [6.07, 6.45) is 3.38. The fourth-order valence-corrected chi connectivity index (χ4v) is 3.11. The first kappa shape index (κ1) is 24.2. The lowest BCUT2D eigenvalue weighted by Crippen LogP contribution is -2.34. The predicted molar refractivity (Wildman–Crippen MR) is 115 cm³/mol. The number of alkyl carbamates (subject to hydrolysis) is 1. The highest BCUT2D eigenvalue weighted by Crippen LogP contribution is 2.20. The van der Waals surface area contributed by atoms with E-state index in [0.717, 1.165) is 25.7 Å². The minimum Gasteiger partial charge on any atom is -0.456 e. The van der Waals surface area contributed by atoms with Crippen molar-refractivity contribution in [2.45, 2.75) is 64.5 Å². The molecule has 1 saturated carbocycles. The van der Waals surface area contributed by atoms with Gasteiger partial charge in [-0.15, -0.1) is 0 Å². The molecule has 0 atom stereocenters. The van der Waals surface area contributed by atoms with Crippen molar-refractivity contribution in [3.63, 3.8) is 0 Å². The van der Waals surface area contributed by atoms with Crippen molar-refractivity contribution in [2.24, 2.45) is 0 Å². The van der Waals surface area contributed by atoms with Gasteiger partial charge in [0.25, 0.3) is 11.8 Å². The smallest absolute Gasteiger partial charge is 0.407 e. The molecule has 9 heteroatoms. The summed E-state index contributed by atoms with van der Waals surface area (Å²) < 4.78 is 9.98. The second-order valence-corrected chi connectivity index (χ2v) is 8.39. The summed E-state index contributed by atoms with van der Waals surface area (Å²) in [7, 11) is 0. The van der Waals surface area contributed by atoms with E-state index in [-0.39, 0.29) is 24.9 Å². The van der Waals surface area contributed by atoms with Gasteiger partial charge in [-0.1, -0.05) is 25.0 Å². The van der Waals surface area contributed by atoms with Crippen molar-refractivity contribution < 1.29 is 28.7 Å². The molecule has 1 aromatic rings. The van der Waals surface area contributed by atoms with Crippen molar-refractivity contribution in [3.8, 4) is 0 Å². The molecule has 0 spiro atoms. The Bertz CT molecular complexity index is 797. The highest BCUT2D eigenvalue weighted by Gasteiger charge is 2.20. The van der Waals surface area contributed by atoms with Gasteiger partial charge in [0.2, 0.25) is 0 Å². The summed E-state index contributed by atoms with van der Waals surface area (Å²) in [6, 6.07) is 6.83. The Hall–Kier alpha value is -3.10. The summed E-state index contributed by atoms with van der Waals surface area (Å²) in [5, 5.41) is 8.03. The summed E-state index contributed by atoms with van der Waals surface area (Å²) >= 11 is 0. The first-order valence-corrected chi connectivity index (χ1v) is 10.5. The van der Waals surface area contributed by atoms with Crippen LogP contribution < -0.4 is 16.0 Å². The van der Waals surface area contributed by atoms with Gasteiger partial charge in [-0.2, -0.15) is 0 Å². The Morgan fingerprint density at radius 2 is 1.74 bits per heavy atom. The second-order valence-electron chi connectivity index (χ2n) is 8.39. The van der Waals surface area contributed by atoms with Gasteiger partial charge >= 0.3 is 12.1 Å². The van der Waals surface area contributed by atoms with E-state index in [4.69, 9.17) is 9.47 Å². The number of benzene rings is 1. The summed E-state index contributed by atoms with van der Waals surface area (Å²) in [6.45, 7) is 4.73. The summed E-state index contributed by atoms with van der Waals surface area (Å²) in [5.41, 5.74) is 0.0775. The normalized spacial score (nSPS) is 13.9. The van der Waals surface area contributed by atoms with Crippen molar-refractivity contribution in [1.82, 2.24) is 10.6 Å². The SMILES string of the molecule is CC(C)(C)OC(=O)NCCC(=O)OCC(=O)Nc1ccccc1C(=O)NC1CCCC1. The molecule has 0 saturated heterocycles. The molecule has 1 fully saturated rings. The number of carbonyl (C=O) groups is 4. The predicted octanol–water partition coefficient (Wildman–Crippen LogP) is 2.76. The Morgan fingerprint density at radius 3 is 2.42 bits per heavy atom. The van der Waals surface area contributed by atoms with E-state index in [0.29, 0.717) is 11.3 Å². The number of esters is 1. The third-order valence-corrected chi connectivity index (χ3v) is 4.50. The van der Waals surface area contributed by atoms with Crippen LogP contribution in [0.15, 0.2) is 24.3 Å². The molecule has 9 nitrogen and oxygen atoms in total. The minimum atomic E-state index is -0.640. The third-order valence-electron chi connectivity index (χ3n) is 4.50. The molecule has 1 aliphatic rings. The molecule has 0 radical (unpaired) electrons. The monoisotopic (exact) mass is 433 g/mol. The summed E-state index contributed by atoms with van der Waals surface area (Å²) in [4.78, 5) is 48.0. The number of nitrogens with one attached hydrogen (secondary N) is 3. The van der Waals surface area contributed by atoms with Crippen LogP contribution in [0.2, 0.25) is 0 Å². The molecule has 3 amide bonds. The van der Waals surface area contributed by atoms with E-state index in [9.17, 15) is 19.2 Å². The zero-order valence-electron chi connectivity index (χ0n) is 18.3. The third kappa shape index (κ3) is 9.06. The number of anilines is 1. The molecule has 0 heterocycles. The molecule has 3 N–H and O–H groups in total. The molecular formula is C22H31N3O6. The lowest BCUT2D eigenvalue weighted by atomic mass is 10.1. The molecule has 0 aromatic heterocycles. The van der Waals surface area contributed by atoms with Crippen molar-refractivity contribution >= 4 is 29.6 Å². The molecular weight excluding hydrogens is 402 g/mol. The number of para-hydroxylation sites is 1. The Labute approximate surface area is 182 Å². The Balaban J connectivity index is 1.75. The first-order chi connectivity index (χ1) is 14.6. The maximum atomic E-state index is 12.5. The fraction of sp³-hybridized carbons (Fsp3) is 0.545. The highest BCUT2D eigenvalue weighted by molar-refractivity contribution is 6.04. The molecule has 31 heavy (non-hydrogen) atoms. The van der Waals surface area contributed by atoms with Crippen LogP contribution >= 0.6 is 0 Å². The molecule has 0 unspecified atom stereocenters. The topological polar surface area (TPSA) is 123 Å². The first-order valence-electron chi connectivity index (χ1n) is 10.5. The van der Waals surface area contributed by atoms with E-state index in [2.05, 4.69) is 16.0 Å². The Kier molecular flexibility index (Phi) is 8.84. The quantitative estimate of drug-likeness (QED) is 0.542. The van der Waals surface area contributed by atoms with E-state index in [1.54, 1.807) is 45.0 Å². The van der Waals surface area contributed by atoms with Crippen molar-refractivity contribution in [1.29, 1.82) is 0 Å². The molecule has 1 aromatic carbocycles. The highest BCUT2D eigenvalue weighted by atomic mass is 16.6. The molecule has 0 aliphatic heterocycles. The molecule has 1 aliphatic carbocycles. The van der Waals surface area contributed by atoms with Crippen molar-refractivity contribution in [2.75, 3.05) is 18.5 Å². The summed E-state index contributed by atoms with van der Waals surface area (Å²) in [5.74, 6) is -1.44. The van der Waals surface area contributed by atoms with Crippen LogP contribution in [0.5, 0.6) is 0 Å². The average molecular weight is 434 g/mol. The van der Waals surface area contributed by atoms with E-state index < -0.39 is 30.2 Å². The Morgan fingerprint density at radius 1 is 1.06 bits per heavy atom. The fourth-order valence-electron chi connectivity index (χ4n) is 3.11. The van der Waals surface area contributed by atoms with Crippen LogP contribution in [0.3, 0.4) is 0 Å². The lowest BCUT2D eigenvalue weighted by Gasteiger charge is -2.19. The number of rotatable bonds is 8. The average Bonchev–Trinajstić information content (AvgIpc) is 3.18. The number of hydrogen-bond acceptors (Lipinski definition) is 6. The van der Waals surface area contributed by atoms with Crippen LogP contribution in [0.25, 0.3) is 0 Å². The number of ether oxygens (including phenoxy) is 2. The van der Waals surface area contributed by atoms with Crippen LogP contribution in [0, 0.1) is 0 Å². The van der Waals surface area contributed by atoms with Gasteiger partial charge in [0.1, 0.15) is 5.60 Å². The lowest BCUT2D eigenvalue weighted by molar-refractivity contribution is -0.147. The number of carbonyl (C=O) groups excluding carboxylic acids is 4. The standard InChI is InChI=1S/C22H31N3O6/c1-22(2,3)31-21(29)23-13-12-19(27)30-14-18(26)25-17-11-7-6-10-16(17)20(28)24-15-8-4-5-9-15/h6-7,10-11,15H,4-5,8-9,12-14H2,1-3H3,(H,23,29)(H,24,28)(H,25,26). The van der Waals surface area contributed by atoms with Gasteiger partial charge in [-0.25, -0.2) is 4.79 Å². The largest absolute Gasteiger partial charge is 0.456 e. The van der Waals surface area contributed by atoms with Gasteiger partial charge in [-0.3, -0.25) is 14.4 Å². The van der Waals surface area contributed by atoms with Crippen LogP contribution in [-0.4, -0.2) is 48.7 Å². The van der Waals surface area contributed by atoms with Crippen LogP contribution in [0.1, 0.15) is 63.2 Å². The second kappa shape index (κ2) is 11.3. The maximum Gasteiger partial charge on any atom is 0.407 e. The van der Waals surface area contributed by atoms with E-state index in [1.807, 2.05) is 0 Å². The zero-order chi connectivity index (χ0) is 22.9. The van der Waals surface area contributed by atoms with Crippen LogP contribution in [0.4, 0.5) is 10.5 Å². The van der Waals surface area contributed by atoms with Gasteiger partial charge in [0.05, 0.1) is 17.7 Å².